The summed E-state index contributed by atoms with van der Waals surface area (Å²) < 4.78 is 6.85. The number of benzene rings is 1. The molecule has 0 spiro atoms. The molecule has 9 nitrogen and oxygen atoms in total. The second-order valence-electron chi connectivity index (χ2n) is 8.18. The van der Waals surface area contributed by atoms with E-state index in [1.807, 2.05) is 31.2 Å². The van der Waals surface area contributed by atoms with Gasteiger partial charge in [0, 0.05) is 44.5 Å². The van der Waals surface area contributed by atoms with Crippen molar-refractivity contribution in [3.63, 3.8) is 0 Å². The van der Waals surface area contributed by atoms with Crippen LogP contribution >= 0.6 is 0 Å². The first-order valence-electron chi connectivity index (χ1n) is 10.9. The number of fused-ring (bicyclic) bond motifs is 1. The van der Waals surface area contributed by atoms with Crippen molar-refractivity contribution in [2.75, 3.05) is 25.6 Å². The average Bonchev–Trinajstić information content (AvgIpc) is 3.23. The fourth-order valence-electron chi connectivity index (χ4n) is 4.07. The van der Waals surface area contributed by atoms with E-state index in [0.717, 1.165) is 22.6 Å². The highest BCUT2D eigenvalue weighted by Crippen LogP contribution is 2.28. The van der Waals surface area contributed by atoms with Crippen molar-refractivity contribution in [2.45, 2.75) is 32.7 Å². The van der Waals surface area contributed by atoms with E-state index in [1.165, 1.54) is 4.68 Å². The van der Waals surface area contributed by atoms with Gasteiger partial charge in [-0.25, -0.2) is 9.97 Å². The number of ether oxygens (including phenoxy) is 1. The Balaban J connectivity index is 1.56. The molecule has 2 amide bonds. The van der Waals surface area contributed by atoms with Gasteiger partial charge in [0.2, 0.25) is 5.91 Å². The standard InChI is InChI=1S/C24H28N6O3/c1-16-19-8-9-22(31)30(13-11-17-6-5-7-18(14-17)33-4)23(19)27-21(26-16)15-28(2)24(32)20-10-12-25-29(20)3/h5-7,10,12,14H,8-9,11,13,15H2,1-4H3. The summed E-state index contributed by atoms with van der Waals surface area (Å²) in [5, 5.41) is 4.06. The Morgan fingerprint density at radius 3 is 2.76 bits per heavy atom. The maximum absolute atomic E-state index is 12.8. The van der Waals surface area contributed by atoms with Gasteiger partial charge in [-0.2, -0.15) is 5.10 Å². The molecular weight excluding hydrogens is 420 g/mol. The van der Waals surface area contributed by atoms with Gasteiger partial charge >= 0.3 is 0 Å². The van der Waals surface area contributed by atoms with Gasteiger partial charge in [-0.15, -0.1) is 0 Å². The Labute approximate surface area is 193 Å². The van der Waals surface area contributed by atoms with Gasteiger partial charge in [0.05, 0.1) is 13.7 Å². The van der Waals surface area contributed by atoms with Crippen molar-refractivity contribution in [3.05, 3.63) is 64.9 Å². The monoisotopic (exact) mass is 448 g/mol. The van der Waals surface area contributed by atoms with Gasteiger partial charge in [-0.3, -0.25) is 19.2 Å². The van der Waals surface area contributed by atoms with Crippen molar-refractivity contribution in [2.24, 2.45) is 7.05 Å². The second kappa shape index (κ2) is 9.40. The summed E-state index contributed by atoms with van der Waals surface area (Å²) >= 11 is 0. The Morgan fingerprint density at radius 1 is 1.21 bits per heavy atom. The molecule has 4 rings (SSSR count). The normalized spacial score (nSPS) is 13.1. The third-order valence-electron chi connectivity index (χ3n) is 5.91. The zero-order chi connectivity index (χ0) is 23.5. The number of carbonyl (C=O) groups is 2. The van der Waals surface area contributed by atoms with Gasteiger partial charge in [-0.05, 0) is 43.5 Å². The van der Waals surface area contributed by atoms with Crippen molar-refractivity contribution in [1.82, 2.24) is 24.6 Å². The Bertz CT molecular complexity index is 1190. The molecule has 0 aliphatic carbocycles. The minimum atomic E-state index is -0.167. The van der Waals surface area contributed by atoms with E-state index in [4.69, 9.17) is 9.72 Å². The number of aryl methyl sites for hydroxylation is 2. The quantitative estimate of drug-likeness (QED) is 0.551. The smallest absolute Gasteiger partial charge is 0.272 e. The lowest BCUT2D eigenvalue weighted by Crippen LogP contribution is -2.38. The van der Waals surface area contributed by atoms with Crippen LogP contribution in [-0.2, 0) is 31.2 Å². The third-order valence-corrected chi connectivity index (χ3v) is 5.91. The lowest BCUT2D eigenvalue weighted by Gasteiger charge is -2.30. The van der Waals surface area contributed by atoms with Crippen molar-refractivity contribution < 1.29 is 14.3 Å². The predicted octanol–water partition coefficient (Wildman–Crippen LogP) is 2.32. The minimum Gasteiger partial charge on any atom is -0.497 e. The molecule has 3 heterocycles. The third kappa shape index (κ3) is 4.72. The molecule has 3 aromatic rings. The summed E-state index contributed by atoms with van der Waals surface area (Å²) in [4.78, 5) is 38.3. The van der Waals surface area contributed by atoms with E-state index in [-0.39, 0.29) is 18.4 Å². The summed E-state index contributed by atoms with van der Waals surface area (Å²) in [5.41, 5.74) is 3.41. The van der Waals surface area contributed by atoms with Crippen molar-refractivity contribution in [1.29, 1.82) is 0 Å². The van der Waals surface area contributed by atoms with Crippen LogP contribution in [0.3, 0.4) is 0 Å². The van der Waals surface area contributed by atoms with Crippen LogP contribution in [0.2, 0.25) is 0 Å². The molecule has 0 saturated carbocycles. The largest absolute Gasteiger partial charge is 0.497 e. The molecule has 9 heteroatoms. The first-order valence-corrected chi connectivity index (χ1v) is 10.9. The number of hydrogen-bond donors (Lipinski definition) is 0. The van der Waals surface area contributed by atoms with E-state index in [2.05, 4.69) is 10.1 Å². The molecule has 0 bridgehead atoms. The summed E-state index contributed by atoms with van der Waals surface area (Å²) in [6.45, 7) is 2.68. The molecule has 2 aromatic heterocycles. The first kappa shape index (κ1) is 22.4. The average molecular weight is 449 g/mol. The Kier molecular flexibility index (Phi) is 6.39. The molecule has 1 aliphatic rings. The Morgan fingerprint density at radius 2 is 2.03 bits per heavy atom. The molecule has 0 atom stereocenters. The number of methoxy groups -OCH3 is 1. The number of hydrogen-bond acceptors (Lipinski definition) is 6. The topological polar surface area (TPSA) is 93.5 Å². The van der Waals surface area contributed by atoms with E-state index in [9.17, 15) is 9.59 Å². The molecular formula is C24H28N6O3. The number of anilines is 1. The number of amides is 2. The van der Waals surface area contributed by atoms with Gasteiger partial charge in [-0.1, -0.05) is 12.1 Å². The lowest BCUT2D eigenvalue weighted by atomic mass is 10.0. The molecule has 0 radical (unpaired) electrons. The fourth-order valence-corrected chi connectivity index (χ4v) is 4.07. The van der Waals surface area contributed by atoms with E-state index in [1.54, 1.807) is 43.3 Å². The summed E-state index contributed by atoms with van der Waals surface area (Å²) in [6, 6.07) is 9.52. The maximum Gasteiger partial charge on any atom is 0.272 e. The van der Waals surface area contributed by atoms with E-state index in [0.29, 0.717) is 43.1 Å². The molecule has 1 aromatic carbocycles. The number of carbonyl (C=O) groups excluding carboxylic acids is 2. The highest BCUT2D eigenvalue weighted by atomic mass is 16.5. The number of nitrogens with zero attached hydrogens (tertiary/aromatic N) is 6. The second-order valence-corrected chi connectivity index (χ2v) is 8.18. The van der Waals surface area contributed by atoms with Crippen LogP contribution in [0.1, 0.15) is 39.6 Å². The summed E-state index contributed by atoms with van der Waals surface area (Å²) in [6.07, 6.45) is 3.33. The summed E-state index contributed by atoms with van der Waals surface area (Å²) in [7, 11) is 5.08. The SMILES string of the molecule is COc1cccc(CCN2C(=O)CCc3c(C)nc(CN(C)C(=O)c4ccnn4C)nc32)c1. The van der Waals surface area contributed by atoms with Gasteiger partial charge < -0.3 is 9.64 Å². The molecule has 0 saturated heterocycles. The maximum atomic E-state index is 12.8. The van der Waals surface area contributed by atoms with Crippen LogP contribution < -0.4 is 9.64 Å². The highest BCUT2D eigenvalue weighted by Gasteiger charge is 2.28. The van der Waals surface area contributed by atoms with Gasteiger partial charge in [0.1, 0.15) is 23.1 Å². The molecule has 0 N–H and O–H groups in total. The zero-order valence-electron chi connectivity index (χ0n) is 19.4. The van der Waals surface area contributed by atoms with Crippen LogP contribution in [0.4, 0.5) is 5.82 Å². The van der Waals surface area contributed by atoms with Crippen LogP contribution in [0.5, 0.6) is 5.75 Å². The lowest BCUT2D eigenvalue weighted by molar-refractivity contribution is -0.118. The zero-order valence-corrected chi connectivity index (χ0v) is 19.4. The van der Waals surface area contributed by atoms with Gasteiger partial charge in [0.15, 0.2) is 0 Å². The van der Waals surface area contributed by atoms with Crippen LogP contribution in [0, 0.1) is 6.92 Å². The molecule has 33 heavy (non-hydrogen) atoms. The molecule has 1 aliphatic heterocycles. The Hall–Kier alpha value is -3.75. The molecule has 0 unspecified atom stereocenters. The van der Waals surface area contributed by atoms with Crippen molar-refractivity contribution >= 4 is 17.6 Å². The highest BCUT2D eigenvalue weighted by molar-refractivity contribution is 5.95. The van der Waals surface area contributed by atoms with Crippen LogP contribution in [0.25, 0.3) is 0 Å². The molecule has 172 valence electrons. The number of aromatic nitrogens is 4. The summed E-state index contributed by atoms with van der Waals surface area (Å²) in [5.74, 6) is 1.83. The predicted molar refractivity (Wildman–Crippen MR) is 123 cm³/mol. The van der Waals surface area contributed by atoms with Crippen molar-refractivity contribution in [3.8, 4) is 5.75 Å². The minimum absolute atomic E-state index is 0.0498. The van der Waals surface area contributed by atoms with Crippen LogP contribution in [0.15, 0.2) is 36.5 Å². The molecule has 0 fully saturated rings. The van der Waals surface area contributed by atoms with E-state index >= 15 is 0 Å². The first-order chi connectivity index (χ1) is 15.9. The number of rotatable bonds is 7. The van der Waals surface area contributed by atoms with Gasteiger partial charge in [0.25, 0.3) is 5.91 Å². The fraction of sp³-hybridized carbons (Fsp3) is 0.375. The van der Waals surface area contributed by atoms with Crippen LogP contribution in [-0.4, -0.2) is 57.2 Å². The van der Waals surface area contributed by atoms with E-state index < -0.39 is 0 Å².